The molecule has 1 N–H and O–H groups in total. The molecule has 1 rings (SSSR count). The highest BCUT2D eigenvalue weighted by atomic mass is 16.3. The van der Waals surface area contributed by atoms with Crippen LogP contribution in [-0.4, -0.2) is 5.11 Å². The van der Waals surface area contributed by atoms with Crippen LogP contribution in [-0.2, 0) is 0 Å². The number of hydrogen-bond donors (Lipinski definition) is 1. The Balaban J connectivity index is 3.16. The van der Waals surface area contributed by atoms with Crippen molar-refractivity contribution in [2.24, 2.45) is 0 Å². The van der Waals surface area contributed by atoms with E-state index in [0.29, 0.717) is 5.56 Å². The van der Waals surface area contributed by atoms with Gasteiger partial charge in [-0.05, 0) is 6.07 Å². The van der Waals surface area contributed by atoms with Crippen LogP contribution >= 0.6 is 0 Å². The van der Waals surface area contributed by atoms with Gasteiger partial charge in [0.1, 0.15) is 5.75 Å². The first-order valence-electron chi connectivity index (χ1n) is 3.10. The Morgan fingerprint density at radius 2 is 2.09 bits per heavy atom. The molecular formula is C9H7NO. The number of phenols is 1. The van der Waals surface area contributed by atoms with Gasteiger partial charge >= 0.3 is 0 Å². The first-order valence-corrected chi connectivity index (χ1v) is 3.10. The molecule has 0 aliphatic carbocycles. The Hall–Kier alpha value is -1.75. The summed E-state index contributed by atoms with van der Waals surface area (Å²) in [4.78, 5) is 3.12. The van der Waals surface area contributed by atoms with Crippen molar-refractivity contribution < 1.29 is 5.11 Å². The van der Waals surface area contributed by atoms with Gasteiger partial charge < -0.3 is 5.11 Å². The van der Waals surface area contributed by atoms with Crippen molar-refractivity contribution in [3.05, 3.63) is 47.8 Å². The molecule has 0 atom stereocenters. The van der Waals surface area contributed by atoms with Crippen LogP contribution in [0.25, 0.3) is 10.5 Å². The van der Waals surface area contributed by atoms with Crippen LogP contribution in [0.4, 0.5) is 0 Å². The van der Waals surface area contributed by atoms with Crippen molar-refractivity contribution >= 4 is 5.70 Å². The average Bonchev–Trinajstić information content (AvgIpc) is 2.04. The minimum atomic E-state index is 0.105. The Labute approximate surface area is 65.2 Å². The van der Waals surface area contributed by atoms with Crippen molar-refractivity contribution in [1.82, 2.24) is 0 Å². The largest absolute Gasteiger partial charge is 0.509 e. The average molecular weight is 145 g/mol. The summed E-state index contributed by atoms with van der Waals surface area (Å²) in [6, 6.07) is 6.66. The molecule has 11 heavy (non-hydrogen) atoms. The van der Waals surface area contributed by atoms with Crippen LogP contribution in [0.15, 0.2) is 30.8 Å². The molecular weight excluding hydrogens is 138 g/mol. The van der Waals surface area contributed by atoms with Gasteiger partial charge in [-0.15, -0.1) is 0 Å². The Morgan fingerprint density at radius 1 is 1.45 bits per heavy atom. The van der Waals surface area contributed by atoms with E-state index in [-0.39, 0.29) is 11.4 Å². The molecule has 1 aromatic carbocycles. The van der Waals surface area contributed by atoms with Gasteiger partial charge in [0.05, 0.1) is 6.57 Å². The number of hydrogen-bond acceptors (Lipinski definition) is 1. The highest BCUT2D eigenvalue weighted by molar-refractivity contribution is 5.72. The van der Waals surface area contributed by atoms with E-state index in [1.165, 1.54) is 6.07 Å². The minimum absolute atomic E-state index is 0.105. The molecule has 0 saturated carbocycles. The zero-order valence-corrected chi connectivity index (χ0v) is 5.91. The van der Waals surface area contributed by atoms with E-state index in [9.17, 15) is 5.11 Å². The lowest BCUT2D eigenvalue weighted by Gasteiger charge is -1.98. The molecule has 1 aromatic rings. The molecule has 0 aromatic heterocycles. The van der Waals surface area contributed by atoms with E-state index in [2.05, 4.69) is 11.4 Å². The predicted octanol–water partition coefficient (Wildman–Crippen LogP) is 2.28. The molecule has 54 valence electrons. The maximum atomic E-state index is 9.21. The van der Waals surface area contributed by atoms with E-state index in [1.54, 1.807) is 18.2 Å². The lowest BCUT2D eigenvalue weighted by molar-refractivity contribution is 0.474. The molecule has 0 amide bonds. The Morgan fingerprint density at radius 3 is 2.64 bits per heavy atom. The summed E-state index contributed by atoms with van der Waals surface area (Å²) in [6.45, 7) is 10.1. The molecule has 0 aliphatic rings. The fourth-order valence-electron chi connectivity index (χ4n) is 0.778. The zero-order valence-electron chi connectivity index (χ0n) is 5.91. The maximum Gasteiger partial charge on any atom is 0.190 e. The number of nitrogens with zero attached hydrogens (tertiary/aromatic N) is 1. The first kappa shape index (κ1) is 7.36. The minimum Gasteiger partial charge on any atom is -0.509 e. The van der Waals surface area contributed by atoms with Crippen LogP contribution in [0.3, 0.4) is 0 Å². The van der Waals surface area contributed by atoms with Crippen molar-refractivity contribution in [2.45, 2.75) is 0 Å². The normalized spacial score (nSPS) is 8.64. The van der Waals surface area contributed by atoms with E-state index in [0.717, 1.165) is 0 Å². The van der Waals surface area contributed by atoms with Crippen molar-refractivity contribution in [3.8, 4) is 5.75 Å². The number of para-hydroxylation sites is 1. The Kier molecular flexibility index (Phi) is 1.93. The van der Waals surface area contributed by atoms with Crippen molar-refractivity contribution in [3.63, 3.8) is 0 Å². The SMILES string of the molecule is [C-]#[N+]C(=C)c1ccccc1O. The third-order valence-corrected chi connectivity index (χ3v) is 1.35. The van der Waals surface area contributed by atoms with Gasteiger partial charge in [-0.3, -0.25) is 0 Å². The predicted molar refractivity (Wildman–Crippen MR) is 43.7 cm³/mol. The molecule has 2 nitrogen and oxygen atoms in total. The molecule has 0 radical (unpaired) electrons. The second-order valence-corrected chi connectivity index (χ2v) is 2.08. The van der Waals surface area contributed by atoms with Gasteiger partial charge in [-0.25, -0.2) is 4.85 Å². The van der Waals surface area contributed by atoms with E-state index in [1.807, 2.05) is 0 Å². The van der Waals surface area contributed by atoms with Gasteiger partial charge in [0.2, 0.25) is 0 Å². The molecule has 0 saturated heterocycles. The van der Waals surface area contributed by atoms with Crippen LogP contribution in [0.5, 0.6) is 5.75 Å². The summed E-state index contributed by atoms with van der Waals surface area (Å²) in [6.07, 6.45) is 0. The van der Waals surface area contributed by atoms with Crippen LogP contribution < -0.4 is 0 Å². The van der Waals surface area contributed by atoms with Crippen LogP contribution in [0.1, 0.15) is 5.56 Å². The summed E-state index contributed by atoms with van der Waals surface area (Å²) in [5, 5.41) is 9.21. The number of benzene rings is 1. The molecule has 0 unspecified atom stereocenters. The van der Waals surface area contributed by atoms with Gasteiger partial charge in [0.25, 0.3) is 0 Å². The molecule has 0 aliphatic heterocycles. The van der Waals surface area contributed by atoms with Gasteiger partial charge in [-0.2, -0.15) is 0 Å². The Bertz CT molecular complexity index is 323. The monoisotopic (exact) mass is 145 g/mol. The van der Waals surface area contributed by atoms with Gasteiger partial charge in [0, 0.05) is 5.56 Å². The summed E-state index contributed by atoms with van der Waals surface area (Å²) < 4.78 is 0. The van der Waals surface area contributed by atoms with Crippen LogP contribution in [0, 0.1) is 6.57 Å². The fourth-order valence-corrected chi connectivity index (χ4v) is 0.778. The molecule has 2 heteroatoms. The molecule has 0 fully saturated rings. The summed E-state index contributed by atoms with van der Waals surface area (Å²) in [7, 11) is 0. The molecule has 0 spiro atoms. The van der Waals surface area contributed by atoms with Gasteiger partial charge in [-0.1, -0.05) is 24.8 Å². The maximum absolute atomic E-state index is 9.21. The standard InChI is InChI=1S/C9H7NO/c1-7(10-2)8-5-3-4-6-9(8)11/h3-6,11H,1H2. The van der Waals surface area contributed by atoms with E-state index in [4.69, 9.17) is 6.57 Å². The van der Waals surface area contributed by atoms with Crippen molar-refractivity contribution in [2.75, 3.05) is 0 Å². The smallest absolute Gasteiger partial charge is 0.190 e. The molecule has 0 bridgehead atoms. The summed E-state index contributed by atoms with van der Waals surface area (Å²) >= 11 is 0. The highest BCUT2D eigenvalue weighted by Gasteiger charge is 2.01. The number of aromatic hydroxyl groups is 1. The summed E-state index contributed by atoms with van der Waals surface area (Å²) in [5.41, 5.74) is 0.769. The second-order valence-electron chi connectivity index (χ2n) is 2.08. The highest BCUT2D eigenvalue weighted by Crippen LogP contribution is 2.23. The lowest BCUT2D eigenvalue weighted by Crippen LogP contribution is -1.76. The topological polar surface area (TPSA) is 24.6 Å². The fraction of sp³-hybridized carbons (Fsp3) is 0. The quantitative estimate of drug-likeness (QED) is 0.602. The lowest BCUT2D eigenvalue weighted by atomic mass is 10.1. The number of rotatable bonds is 1. The van der Waals surface area contributed by atoms with E-state index >= 15 is 0 Å². The number of phenolic OH excluding ortho intramolecular Hbond substituents is 1. The third kappa shape index (κ3) is 1.39. The second kappa shape index (κ2) is 2.89. The first-order chi connectivity index (χ1) is 5.25. The van der Waals surface area contributed by atoms with Crippen molar-refractivity contribution in [1.29, 1.82) is 0 Å². The summed E-state index contributed by atoms with van der Waals surface area (Å²) in [5.74, 6) is 0.105. The zero-order chi connectivity index (χ0) is 8.27. The van der Waals surface area contributed by atoms with Gasteiger partial charge in [0.15, 0.2) is 5.70 Å². The van der Waals surface area contributed by atoms with Crippen LogP contribution in [0.2, 0.25) is 0 Å². The third-order valence-electron chi connectivity index (χ3n) is 1.35. The molecule has 0 heterocycles. The van der Waals surface area contributed by atoms with E-state index < -0.39 is 0 Å².